The summed E-state index contributed by atoms with van der Waals surface area (Å²) in [4.78, 5) is 0. The molecule has 3 atom stereocenters. The summed E-state index contributed by atoms with van der Waals surface area (Å²) in [5.74, 6) is 2.67. The quantitative estimate of drug-likeness (QED) is 0.413. The topological polar surface area (TPSA) is 0 Å². The van der Waals surface area contributed by atoms with Crippen LogP contribution in [0.2, 0.25) is 0 Å². The van der Waals surface area contributed by atoms with Crippen LogP contribution in [-0.4, -0.2) is 0 Å². The molecule has 1 aliphatic rings. The minimum atomic E-state index is 0.808. The van der Waals surface area contributed by atoms with E-state index >= 15 is 0 Å². The van der Waals surface area contributed by atoms with E-state index < -0.39 is 0 Å². The Hall–Kier alpha value is -0.780. The van der Waals surface area contributed by atoms with Crippen LogP contribution in [0, 0.1) is 11.8 Å². The van der Waals surface area contributed by atoms with Gasteiger partial charge in [0.15, 0.2) is 0 Å². The Morgan fingerprint density at radius 1 is 0.870 bits per heavy atom. The van der Waals surface area contributed by atoms with Gasteiger partial charge in [-0.3, -0.25) is 0 Å². The first-order valence-electron chi connectivity index (χ1n) is 10.3. The molecule has 0 heteroatoms. The molecule has 0 amide bonds. The highest BCUT2D eigenvalue weighted by Crippen LogP contribution is 2.41. The molecule has 1 fully saturated rings. The SMILES string of the molecule is CCCCCc1ccc(C2CCC(CCCCC)CC2C)cc1. The predicted molar refractivity (Wildman–Crippen MR) is 103 cm³/mol. The molecule has 0 saturated heterocycles. The molecule has 23 heavy (non-hydrogen) atoms. The minimum Gasteiger partial charge on any atom is -0.0654 e. The van der Waals surface area contributed by atoms with Gasteiger partial charge in [0, 0.05) is 0 Å². The Bertz CT molecular complexity index is 416. The van der Waals surface area contributed by atoms with Crippen LogP contribution in [0.15, 0.2) is 24.3 Å². The third kappa shape index (κ3) is 5.98. The van der Waals surface area contributed by atoms with Crippen molar-refractivity contribution in [2.45, 2.75) is 97.3 Å². The maximum absolute atomic E-state index is 2.49. The molecule has 1 aromatic rings. The lowest BCUT2D eigenvalue weighted by Gasteiger charge is -2.34. The average molecular weight is 315 g/mol. The third-order valence-corrected chi connectivity index (χ3v) is 5.97. The van der Waals surface area contributed by atoms with Crippen molar-refractivity contribution in [1.29, 1.82) is 0 Å². The van der Waals surface area contributed by atoms with E-state index in [-0.39, 0.29) is 0 Å². The van der Waals surface area contributed by atoms with Crippen molar-refractivity contribution in [3.63, 3.8) is 0 Å². The van der Waals surface area contributed by atoms with Gasteiger partial charge in [-0.15, -0.1) is 0 Å². The van der Waals surface area contributed by atoms with Crippen molar-refractivity contribution in [1.82, 2.24) is 0 Å². The van der Waals surface area contributed by atoms with Gasteiger partial charge in [0.25, 0.3) is 0 Å². The van der Waals surface area contributed by atoms with Gasteiger partial charge in [-0.1, -0.05) is 83.6 Å². The van der Waals surface area contributed by atoms with Crippen LogP contribution in [-0.2, 0) is 6.42 Å². The average Bonchev–Trinajstić information content (AvgIpc) is 2.56. The molecule has 0 aliphatic heterocycles. The second kappa shape index (κ2) is 10.2. The van der Waals surface area contributed by atoms with Crippen LogP contribution < -0.4 is 0 Å². The molecule has 0 bridgehead atoms. The normalized spacial score (nSPS) is 24.7. The summed E-state index contributed by atoms with van der Waals surface area (Å²) in [6.45, 7) is 7.08. The molecule has 0 N–H and O–H groups in total. The van der Waals surface area contributed by atoms with Crippen LogP contribution in [0.1, 0.15) is 102 Å². The molecule has 0 radical (unpaired) electrons. The van der Waals surface area contributed by atoms with Gasteiger partial charge in [0.2, 0.25) is 0 Å². The molecular formula is C23H38. The van der Waals surface area contributed by atoms with E-state index in [2.05, 4.69) is 45.0 Å². The standard InChI is InChI=1S/C23H38/c1-4-6-8-10-20-12-15-22(16-13-20)23-17-14-21(18-19(23)3)11-9-7-5-2/h12-13,15-16,19,21,23H,4-11,14,17-18H2,1-3H3. The summed E-state index contributed by atoms with van der Waals surface area (Å²) in [5, 5.41) is 0. The monoisotopic (exact) mass is 314 g/mol. The molecule has 1 aliphatic carbocycles. The lowest BCUT2D eigenvalue weighted by Crippen LogP contribution is -2.21. The highest BCUT2D eigenvalue weighted by atomic mass is 14.3. The van der Waals surface area contributed by atoms with Crippen LogP contribution in [0.25, 0.3) is 0 Å². The maximum Gasteiger partial charge on any atom is -0.0136 e. The van der Waals surface area contributed by atoms with Crippen molar-refractivity contribution in [2.75, 3.05) is 0 Å². The summed E-state index contributed by atoms with van der Waals surface area (Å²) < 4.78 is 0. The summed E-state index contributed by atoms with van der Waals surface area (Å²) in [6, 6.07) is 9.65. The molecule has 2 rings (SSSR count). The Labute approximate surface area is 145 Å². The van der Waals surface area contributed by atoms with Gasteiger partial charge in [-0.25, -0.2) is 0 Å². The van der Waals surface area contributed by atoms with E-state index in [1.165, 1.54) is 76.2 Å². The summed E-state index contributed by atoms with van der Waals surface area (Å²) in [5.41, 5.74) is 3.13. The van der Waals surface area contributed by atoms with Crippen molar-refractivity contribution < 1.29 is 0 Å². The molecule has 130 valence electrons. The molecule has 3 unspecified atom stereocenters. The molecule has 0 spiro atoms. The first kappa shape index (κ1) is 18.6. The first-order chi connectivity index (χ1) is 11.2. The largest absolute Gasteiger partial charge is 0.0654 e. The highest BCUT2D eigenvalue weighted by molar-refractivity contribution is 5.26. The molecule has 1 aromatic carbocycles. The molecule has 0 heterocycles. The van der Waals surface area contributed by atoms with Gasteiger partial charge in [0.1, 0.15) is 0 Å². The Kier molecular flexibility index (Phi) is 8.20. The van der Waals surface area contributed by atoms with E-state index in [1.807, 2.05) is 0 Å². The fourth-order valence-corrected chi connectivity index (χ4v) is 4.46. The fourth-order valence-electron chi connectivity index (χ4n) is 4.46. The van der Waals surface area contributed by atoms with E-state index in [0.29, 0.717) is 0 Å². The second-order valence-corrected chi connectivity index (χ2v) is 7.96. The number of hydrogen-bond donors (Lipinski definition) is 0. The third-order valence-electron chi connectivity index (χ3n) is 5.97. The summed E-state index contributed by atoms with van der Waals surface area (Å²) in [7, 11) is 0. The van der Waals surface area contributed by atoms with Crippen molar-refractivity contribution in [2.24, 2.45) is 11.8 Å². The van der Waals surface area contributed by atoms with E-state index in [0.717, 1.165) is 17.8 Å². The van der Waals surface area contributed by atoms with Gasteiger partial charge in [-0.05, 0) is 61.0 Å². The fraction of sp³-hybridized carbons (Fsp3) is 0.739. The highest BCUT2D eigenvalue weighted by Gasteiger charge is 2.28. The Morgan fingerprint density at radius 3 is 2.22 bits per heavy atom. The minimum absolute atomic E-state index is 0.808. The van der Waals surface area contributed by atoms with E-state index in [1.54, 1.807) is 5.56 Å². The molecule has 1 saturated carbocycles. The zero-order valence-electron chi connectivity index (χ0n) is 15.8. The molecular weight excluding hydrogens is 276 g/mol. The van der Waals surface area contributed by atoms with Gasteiger partial charge in [-0.2, -0.15) is 0 Å². The van der Waals surface area contributed by atoms with Crippen molar-refractivity contribution >= 4 is 0 Å². The molecule has 0 aromatic heterocycles. The van der Waals surface area contributed by atoms with E-state index in [4.69, 9.17) is 0 Å². The predicted octanol–water partition coefficient (Wildman–Crippen LogP) is 7.52. The van der Waals surface area contributed by atoms with Crippen molar-refractivity contribution in [3.8, 4) is 0 Å². The maximum atomic E-state index is 2.49. The Balaban J connectivity index is 1.82. The van der Waals surface area contributed by atoms with Crippen LogP contribution in [0.3, 0.4) is 0 Å². The number of benzene rings is 1. The Morgan fingerprint density at radius 2 is 1.57 bits per heavy atom. The van der Waals surface area contributed by atoms with Gasteiger partial charge >= 0.3 is 0 Å². The van der Waals surface area contributed by atoms with Gasteiger partial charge in [0.05, 0.1) is 0 Å². The smallest absolute Gasteiger partial charge is 0.0136 e. The van der Waals surface area contributed by atoms with Gasteiger partial charge < -0.3 is 0 Å². The van der Waals surface area contributed by atoms with E-state index in [9.17, 15) is 0 Å². The number of rotatable bonds is 9. The lowest BCUT2D eigenvalue weighted by molar-refractivity contribution is 0.232. The van der Waals surface area contributed by atoms with Crippen LogP contribution >= 0.6 is 0 Å². The van der Waals surface area contributed by atoms with Crippen LogP contribution in [0.4, 0.5) is 0 Å². The van der Waals surface area contributed by atoms with Crippen molar-refractivity contribution in [3.05, 3.63) is 35.4 Å². The first-order valence-corrected chi connectivity index (χ1v) is 10.3. The zero-order valence-corrected chi connectivity index (χ0v) is 15.8. The number of hydrogen-bond acceptors (Lipinski definition) is 0. The zero-order chi connectivity index (χ0) is 16.5. The second-order valence-electron chi connectivity index (χ2n) is 7.96. The summed E-state index contributed by atoms with van der Waals surface area (Å²) >= 11 is 0. The molecule has 0 nitrogen and oxygen atoms in total. The summed E-state index contributed by atoms with van der Waals surface area (Å²) in [6.07, 6.45) is 15.3. The lowest BCUT2D eigenvalue weighted by atomic mass is 9.71. The number of aryl methyl sites for hydroxylation is 1. The van der Waals surface area contributed by atoms with Crippen LogP contribution in [0.5, 0.6) is 0 Å². The number of unbranched alkanes of at least 4 members (excludes halogenated alkanes) is 4.